The summed E-state index contributed by atoms with van der Waals surface area (Å²) in [5.74, 6) is -0.0978. The molecule has 0 aromatic heterocycles. The number of nitro benzene ring substituents is 1. The number of nitrogens with zero attached hydrogens (tertiary/aromatic N) is 2. The molecule has 1 rings (SSSR count). The number of rotatable bonds is 7. The van der Waals surface area contributed by atoms with Crippen molar-refractivity contribution < 1.29 is 14.5 Å². The molecular weight excluding hydrogens is 260 g/mol. The van der Waals surface area contributed by atoms with E-state index in [0.29, 0.717) is 19.7 Å². The summed E-state index contributed by atoms with van der Waals surface area (Å²) in [7, 11) is 0. The molecule has 0 spiro atoms. The number of carbonyl (C=O) groups excluding carboxylic acids is 1. The van der Waals surface area contributed by atoms with Crippen LogP contribution in [0.25, 0.3) is 0 Å². The Kier molecular flexibility index (Phi) is 5.71. The summed E-state index contributed by atoms with van der Waals surface area (Å²) in [4.78, 5) is 24.2. The van der Waals surface area contributed by atoms with E-state index in [-0.39, 0.29) is 22.9 Å². The van der Waals surface area contributed by atoms with Gasteiger partial charge in [0.15, 0.2) is 5.75 Å². The van der Waals surface area contributed by atoms with Crippen molar-refractivity contribution >= 4 is 11.6 Å². The van der Waals surface area contributed by atoms with Crippen LogP contribution in [-0.2, 0) is 0 Å². The molecule has 1 amide bonds. The molecule has 1 aromatic carbocycles. The predicted molar refractivity (Wildman–Crippen MR) is 76.0 cm³/mol. The third-order valence-corrected chi connectivity index (χ3v) is 2.72. The molecule has 0 saturated heterocycles. The summed E-state index contributed by atoms with van der Waals surface area (Å²) in [6.07, 6.45) is 1.62. The van der Waals surface area contributed by atoms with Crippen LogP contribution in [0.2, 0.25) is 0 Å². The third kappa shape index (κ3) is 3.57. The monoisotopic (exact) mass is 278 g/mol. The lowest BCUT2D eigenvalue weighted by Gasteiger charge is -2.19. The van der Waals surface area contributed by atoms with Gasteiger partial charge in [-0.15, -0.1) is 6.58 Å². The lowest BCUT2D eigenvalue weighted by molar-refractivity contribution is -0.385. The maximum absolute atomic E-state index is 12.2. The third-order valence-electron chi connectivity index (χ3n) is 2.72. The van der Waals surface area contributed by atoms with E-state index in [1.807, 2.05) is 6.92 Å². The van der Waals surface area contributed by atoms with E-state index in [9.17, 15) is 14.9 Å². The van der Waals surface area contributed by atoms with Crippen molar-refractivity contribution in [3.63, 3.8) is 0 Å². The van der Waals surface area contributed by atoms with Crippen molar-refractivity contribution in [3.8, 4) is 5.75 Å². The summed E-state index contributed by atoms with van der Waals surface area (Å²) in [6, 6.07) is 4.24. The van der Waals surface area contributed by atoms with E-state index in [0.717, 1.165) is 0 Å². The van der Waals surface area contributed by atoms with E-state index in [2.05, 4.69) is 6.58 Å². The Morgan fingerprint density at radius 2 is 2.20 bits per heavy atom. The van der Waals surface area contributed by atoms with Gasteiger partial charge in [-0.3, -0.25) is 14.9 Å². The molecule has 0 aliphatic heterocycles. The van der Waals surface area contributed by atoms with Gasteiger partial charge in [-0.1, -0.05) is 6.08 Å². The van der Waals surface area contributed by atoms with Crippen LogP contribution in [0, 0.1) is 10.1 Å². The smallest absolute Gasteiger partial charge is 0.311 e. The molecule has 0 atom stereocenters. The number of amides is 1. The SMILES string of the molecule is C=CCN(CC)C(=O)c1ccc(OCC)c([N+](=O)[O-])c1. The molecule has 0 heterocycles. The molecule has 6 heteroatoms. The number of benzene rings is 1. The van der Waals surface area contributed by atoms with Crippen LogP contribution in [-0.4, -0.2) is 35.4 Å². The maximum Gasteiger partial charge on any atom is 0.311 e. The second-order valence-electron chi connectivity index (χ2n) is 4.01. The molecule has 0 unspecified atom stereocenters. The zero-order chi connectivity index (χ0) is 15.1. The van der Waals surface area contributed by atoms with Gasteiger partial charge in [-0.05, 0) is 26.0 Å². The number of ether oxygens (including phenoxy) is 1. The van der Waals surface area contributed by atoms with E-state index in [1.54, 1.807) is 17.9 Å². The highest BCUT2D eigenvalue weighted by molar-refractivity contribution is 5.95. The van der Waals surface area contributed by atoms with Gasteiger partial charge in [-0.25, -0.2) is 0 Å². The Bertz CT molecular complexity index is 514. The van der Waals surface area contributed by atoms with Crippen LogP contribution in [0.3, 0.4) is 0 Å². The first-order chi connectivity index (χ1) is 9.54. The van der Waals surface area contributed by atoms with Crippen LogP contribution in [0.4, 0.5) is 5.69 Å². The molecule has 108 valence electrons. The van der Waals surface area contributed by atoms with E-state index >= 15 is 0 Å². The summed E-state index contributed by atoms with van der Waals surface area (Å²) in [5, 5.41) is 11.0. The Balaban J connectivity index is 3.13. The quantitative estimate of drug-likeness (QED) is 0.436. The van der Waals surface area contributed by atoms with Crippen molar-refractivity contribution in [1.29, 1.82) is 0 Å². The molecule has 6 nitrogen and oxygen atoms in total. The lowest BCUT2D eigenvalue weighted by atomic mass is 10.1. The number of carbonyl (C=O) groups is 1. The number of nitro groups is 1. The Hall–Kier alpha value is -2.37. The van der Waals surface area contributed by atoms with Crippen LogP contribution >= 0.6 is 0 Å². The normalized spacial score (nSPS) is 9.90. The summed E-state index contributed by atoms with van der Waals surface area (Å²) in [5.41, 5.74) is 0.0659. The van der Waals surface area contributed by atoms with Crippen LogP contribution < -0.4 is 4.74 Å². The standard InChI is InChI=1S/C14H18N2O4/c1-4-9-15(5-2)14(17)11-7-8-13(20-6-3)12(10-11)16(18)19/h4,7-8,10H,1,5-6,9H2,2-3H3. The Labute approximate surface area is 117 Å². The van der Waals surface area contributed by atoms with Gasteiger partial charge in [0.25, 0.3) is 5.91 Å². The Morgan fingerprint density at radius 1 is 1.50 bits per heavy atom. The molecule has 0 radical (unpaired) electrons. The highest BCUT2D eigenvalue weighted by Crippen LogP contribution is 2.28. The van der Waals surface area contributed by atoms with E-state index in [4.69, 9.17) is 4.74 Å². The van der Waals surface area contributed by atoms with Crippen molar-refractivity contribution in [3.05, 3.63) is 46.5 Å². The van der Waals surface area contributed by atoms with E-state index < -0.39 is 4.92 Å². The summed E-state index contributed by atoms with van der Waals surface area (Å²) in [6.45, 7) is 8.40. The molecule has 20 heavy (non-hydrogen) atoms. The van der Waals surface area contributed by atoms with Crippen LogP contribution in [0.1, 0.15) is 24.2 Å². The number of hydrogen-bond donors (Lipinski definition) is 0. The molecule has 0 aliphatic carbocycles. The molecule has 0 bridgehead atoms. The fourth-order valence-corrected chi connectivity index (χ4v) is 1.76. The zero-order valence-corrected chi connectivity index (χ0v) is 11.7. The second-order valence-corrected chi connectivity index (χ2v) is 4.01. The highest BCUT2D eigenvalue weighted by Gasteiger charge is 2.20. The predicted octanol–water partition coefficient (Wildman–Crippen LogP) is 2.64. The van der Waals surface area contributed by atoms with Gasteiger partial charge in [0, 0.05) is 24.7 Å². The van der Waals surface area contributed by atoms with Crippen molar-refractivity contribution in [2.75, 3.05) is 19.7 Å². The van der Waals surface area contributed by atoms with E-state index in [1.165, 1.54) is 18.2 Å². The van der Waals surface area contributed by atoms with Crippen LogP contribution in [0.15, 0.2) is 30.9 Å². The molecule has 0 N–H and O–H groups in total. The van der Waals surface area contributed by atoms with Gasteiger partial charge in [0.05, 0.1) is 11.5 Å². The zero-order valence-electron chi connectivity index (χ0n) is 11.7. The molecule has 0 saturated carbocycles. The minimum atomic E-state index is -0.550. The van der Waals surface area contributed by atoms with Crippen molar-refractivity contribution in [2.24, 2.45) is 0 Å². The first kappa shape index (κ1) is 15.7. The average Bonchev–Trinajstić information content (AvgIpc) is 2.44. The maximum atomic E-state index is 12.2. The fraction of sp³-hybridized carbons (Fsp3) is 0.357. The highest BCUT2D eigenvalue weighted by atomic mass is 16.6. The lowest BCUT2D eigenvalue weighted by Crippen LogP contribution is -2.30. The first-order valence-corrected chi connectivity index (χ1v) is 6.36. The first-order valence-electron chi connectivity index (χ1n) is 6.36. The van der Waals surface area contributed by atoms with Crippen molar-refractivity contribution in [2.45, 2.75) is 13.8 Å². The fourth-order valence-electron chi connectivity index (χ4n) is 1.76. The topological polar surface area (TPSA) is 72.7 Å². The van der Waals surface area contributed by atoms with Gasteiger partial charge in [0.1, 0.15) is 0 Å². The van der Waals surface area contributed by atoms with Gasteiger partial charge >= 0.3 is 5.69 Å². The second kappa shape index (κ2) is 7.28. The van der Waals surface area contributed by atoms with Gasteiger partial charge in [-0.2, -0.15) is 0 Å². The average molecular weight is 278 g/mol. The molecule has 1 aromatic rings. The number of likely N-dealkylation sites (N-methyl/N-ethyl adjacent to an activating group) is 1. The Morgan fingerprint density at radius 3 is 2.70 bits per heavy atom. The summed E-state index contributed by atoms with van der Waals surface area (Å²) >= 11 is 0. The largest absolute Gasteiger partial charge is 0.487 e. The molecular formula is C14H18N2O4. The van der Waals surface area contributed by atoms with Crippen LogP contribution in [0.5, 0.6) is 5.75 Å². The molecule has 0 aliphatic rings. The number of hydrogen-bond acceptors (Lipinski definition) is 4. The minimum Gasteiger partial charge on any atom is -0.487 e. The van der Waals surface area contributed by atoms with Crippen molar-refractivity contribution in [1.82, 2.24) is 4.90 Å². The van der Waals surface area contributed by atoms with Gasteiger partial charge in [0.2, 0.25) is 0 Å². The van der Waals surface area contributed by atoms with Gasteiger partial charge < -0.3 is 9.64 Å². The minimum absolute atomic E-state index is 0.167. The molecule has 0 fully saturated rings. The summed E-state index contributed by atoms with van der Waals surface area (Å²) < 4.78 is 5.18.